The maximum absolute atomic E-state index is 13.0. The highest BCUT2D eigenvalue weighted by Crippen LogP contribution is 2.45. The highest BCUT2D eigenvalue weighted by Gasteiger charge is 2.37. The van der Waals surface area contributed by atoms with E-state index in [1.165, 1.54) is 11.1 Å². The van der Waals surface area contributed by atoms with Gasteiger partial charge in [-0.3, -0.25) is 14.4 Å². The maximum Gasteiger partial charge on any atom is 0.251 e. The number of hydrogen-bond acceptors (Lipinski definition) is 3. The fourth-order valence-corrected chi connectivity index (χ4v) is 6.07. The molecule has 0 heterocycles. The first kappa shape index (κ1) is 40.9. The molecule has 2 aromatic carbocycles. The van der Waals surface area contributed by atoms with Gasteiger partial charge in [0.05, 0.1) is 0 Å². The predicted octanol–water partition coefficient (Wildman–Crippen LogP) is 10.7. The Morgan fingerprint density at radius 2 is 1.18 bits per heavy atom. The average molecular weight is 689 g/mol. The monoisotopic (exact) mass is 688 g/mol. The van der Waals surface area contributed by atoms with E-state index in [1.807, 2.05) is 18.2 Å². The van der Waals surface area contributed by atoms with Crippen molar-refractivity contribution in [3.8, 4) is 0 Å². The van der Waals surface area contributed by atoms with Crippen LogP contribution >= 0.6 is 0 Å². The summed E-state index contributed by atoms with van der Waals surface area (Å²) in [6, 6.07) is 13.3. The van der Waals surface area contributed by atoms with Crippen molar-refractivity contribution in [3.05, 3.63) is 137 Å². The third-order valence-electron chi connectivity index (χ3n) is 9.40. The van der Waals surface area contributed by atoms with Gasteiger partial charge in [-0.1, -0.05) is 126 Å². The summed E-state index contributed by atoms with van der Waals surface area (Å²) in [5.74, 6) is -0.242. The van der Waals surface area contributed by atoms with E-state index in [-0.39, 0.29) is 28.4 Å². The van der Waals surface area contributed by atoms with Gasteiger partial charge < -0.3 is 10.6 Å². The van der Waals surface area contributed by atoms with Crippen LogP contribution in [0.4, 0.5) is 0 Å². The zero-order valence-electron chi connectivity index (χ0n) is 31.7. The summed E-state index contributed by atoms with van der Waals surface area (Å²) in [5.41, 5.74) is 4.84. The predicted molar refractivity (Wildman–Crippen MR) is 215 cm³/mol. The second-order valence-electron chi connectivity index (χ2n) is 14.6. The van der Waals surface area contributed by atoms with Crippen molar-refractivity contribution in [2.45, 2.75) is 110 Å². The fraction of sp³-hybridized carbons (Fsp3) is 0.413. The lowest BCUT2D eigenvalue weighted by molar-refractivity contribution is -0.121. The van der Waals surface area contributed by atoms with E-state index in [2.05, 4.69) is 118 Å². The Morgan fingerprint density at radius 3 is 1.78 bits per heavy atom. The summed E-state index contributed by atoms with van der Waals surface area (Å²) >= 11 is 0. The Kier molecular flexibility index (Phi) is 17.4. The Bertz CT molecular complexity index is 1600. The molecule has 2 aromatic rings. The number of rotatable bonds is 20. The molecule has 0 saturated heterocycles. The van der Waals surface area contributed by atoms with Gasteiger partial charge in [0.2, 0.25) is 5.91 Å². The summed E-state index contributed by atoms with van der Waals surface area (Å²) in [7, 11) is 0. The van der Waals surface area contributed by atoms with Crippen LogP contribution < -0.4 is 10.6 Å². The molecule has 5 heteroatoms. The van der Waals surface area contributed by atoms with Crippen LogP contribution in [0, 0.1) is 0 Å². The Morgan fingerprint density at radius 1 is 0.647 bits per heavy atom. The highest BCUT2D eigenvalue weighted by atomic mass is 16.2. The van der Waals surface area contributed by atoms with Gasteiger partial charge in [-0.2, -0.15) is 0 Å². The van der Waals surface area contributed by atoms with E-state index in [9.17, 15) is 14.4 Å². The Labute approximate surface area is 307 Å². The van der Waals surface area contributed by atoms with Crippen molar-refractivity contribution < 1.29 is 14.4 Å². The van der Waals surface area contributed by atoms with Crippen LogP contribution in [0.1, 0.15) is 136 Å². The lowest BCUT2D eigenvalue weighted by Gasteiger charge is -2.42. The van der Waals surface area contributed by atoms with E-state index in [0.717, 1.165) is 63.4 Å². The number of hydrogen-bond donors (Lipinski definition) is 2. The molecule has 0 unspecified atom stereocenters. The molecule has 1 aliphatic rings. The summed E-state index contributed by atoms with van der Waals surface area (Å²) in [4.78, 5) is 37.8. The van der Waals surface area contributed by atoms with Gasteiger partial charge in [0.15, 0.2) is 5.78 Å². The first-order chi connectivity index (χ1) is 24.5. The molecule has 0 radical (unpaired) electrons. The molecule has 2 amide bonds. The average Bonchev–Trinajstić information content (AvgIpc) is 3.12. The summed E-state index contributed by atoms with van der Waals surface area (Å²) < 4.78 is 0. The molecule has 0 bridgehead atoms. The third-order valence-corrected chi connectivity index (χ3v) is 9.40. The van der Waals surface area contributed by atoms with Crippen LogP contribution in [0.15, 0.2) is 109 Å². The van der Waals surface area contributed by atoms with Gasteiger partial charge in [-0.25, -0.2) is 0 Å². The zero-order valence-corrected chi connectivity index (χ0v) is 31.7. The highest BCUT2D eigenvalue weighted by molar-refractivity contribution is 6.07. The van der Waals surface area contributed by atoms with Crippen LogP contribution in [-0.4, -0.2) is 30.7 Å². The number of nitrogens with one attached hydrogen (secondary N) is 2. The van der Waals surface area contributed by atoms with Gasteiger partial charge in [0.25, 0.3) is 5.91 Å². The van der Waals surface area contributed by atoms with Gasteiger partial charge in [-0.15, -0.1) is 0 Å². The summed E-state index contributed by atoms with van der Waals surface area (Å²) in [5, 5.41) is 5.73. The Hall–Kier alpha value is -4.51. The molecule has 0 saturated carbocycles. The molecule has 1 aliphatic carbocycles. The first-order valence-electron chi connectivity index (χ1n) is 18.8. The number of carbonyl (C=O) groups is 3. The van der Waals surface area contributed by atoms with Crippen LogP contribution in [0.25, 0.3) is 6.08 Å². The van der Waals surface area contributed by atoms with E-state index >= 15 is 0 Å². The minimum absolute atomic E-state index is 0.00905. The molecule has 2 N–H and O–H groups in total. The van der Waals surface area contributed by atoms with Crippen molar-refractivity contribution in [1.82, 2.24) is 10.6 Å². The number of benzene rings is 2. The topological polar surface area (TPSA) is 75.3 Å². The normalized spacial score (nSPS) is 15.5. The molecular formula is C46H60N2O3. The molecule has 0 aromatic heterocycles. The van der Waals surface area contributed by atoms with Gasteiger partial charge in [-0.05, 0) is 110 Å². The molecule has 0 aliphatic heterocycles. The summed E-state index contributed by atoms with van der Waals surface area (Å²) in [6.45, 7) is 12.0. The molecule has 0 spiro atoms. The lowest BCUT2D eigenvalue weighted by Crippen LogP contribution is -2.34. The number of amides is 2. The van der Waals surface area contributed by atoms with Gasteiger partial charge in [0, 0.05) is 30.6 Å². The van der Waals surface area contributed by atoms with Gasteiger partial charge >= 0.3 is 0 Å². The van der Waals surface area contributed by atoms with Crippen LogP contribution in [-0.2, 0) is 15.6 Å². The van der Waals surface area contributed by atoms with Crippen LogP contribution in [0.5, 0.6) is 0 Å². The molecular weight excluding hydrogens is 629 g/mol. The Balaban J connectivity index is 1.27. The van der Waals surface area contributed by atoms with Crippen LogP contribution in [0.2, 0.25) is 0 Å². The zero-order chi connectivity index (χ0) is 37.0. The standard InChI is InChI=1S/C46H60N2O3/c1-6-7-8-9-10-11-12-13-14-15-16-17-18-19-20-21-22-23-43(50)47-34-35-48-44(51)38-27-24-37(25-28-38)26-31-42(49)39-29-30-40-41(36-39)46(4,5)33-32-45(40,2)3/h7-8,10-11,13-14,16-17,19-20,24-31,36H,6,9,12,15,18,21-23,32-35H2,1-5H3,(H,47,50)(H,48,51). The molecule has 3 rings (SSSR count). The van der Waals surface area contributed by atoms with Crippen molar-refractivity contribution in [3.63, 3.8) is 0 Å². The molecule has 51 heavy (non-hydrogen) atoms. The van der Waals surface area contributed by atoms with Crippen molar-refractivity contribution in [2.75, 3.05) is 13.1 Å². The lowest BCUT2D eigenvalue weighted by atomic mass is 9.63. The first-order valence-corrected chi connectivity index (χ1v) is 18.8. The van der Waals surface area contributed by atoms with Gasteiger partial charge in [0.1, 0.15) is 0 Å². The fourth-order valence-electron chi connectivity index (χ4n) is 6.07. The molecule has 272 valence electrons. The number of fused-ring (bicyclic) bond motifs is 1. The SMILES string of the molecule is CCC=CCC=CCC=CCC=CCC=CCCCC(=O)NCCNC(=O)c1ccc(C=CC(=O)c2ccc3c(c2)C(C)(C)CCC3(C)C)cc1. The minimum Gasteiger partial charge on any atom is -0.354 e. The smallest absolute Gasteiger partial charge is 0.251 e. The van der Waals surface area contributed by atoms with Crippen molar-refractivity contribution in [2.24, 2.45) is 0 Å². The quantitative estimate of drug-likeness (QED) is 0.0629. The second-order valence-corrected chi connectivity index (χ2v) is 14.6. The van der Waals surface area contributed by atoms with Crippen molar-refractivity contribution >= 4 is 23.7 Å². The number of carbonyl (C=O) groups excluding carboxylic acids is 3. The molecule has 0 fully saturated rings. The van der Waals surface area contributed by atoms with E-state index in [4.69, 9.17) is 0 Å². The third kappa shape index (κ3) is 14.7. The van der Waals surface area contributed by atoms with Crippen LogP contribution in [0.3, 0.4) is 0 Å². The number of ketones is 1. The molecule has 0 atom stereocenters. The minimum atomic E-state index is -0.200. The second kappa shape index (κ2) is 21.6. The number of unbranched alkanes of at least 4 members (excludes halogenated alkanes) is 1. The summed E-state index contributed by atoms with van der Waals surface area (Å²) in [6.07, 6.45) is 34.4. The van der Waals surface area contributed by atoms with Crippen molar-refractivity contribution in [1.29, 1.82) is 0 Å². The van der Waals surface area contributed by atoms with E-state index in [1.54, 1.807) is 24.3 Å². The number of allylic oxidation sites excluding steroid dienone is 11. The van der Waals surface area contributed by atoms with E-state index < -0.39 is 0 Å². The maximum atomic E-state index is 13.0. The molecule has 5 nitrogen and oxygen atoms in total. The largest absolute Gasteiger partial charge is 0.354 e. The van der Waals surface area contributed by atoms with E-state index in [0.29, 0.717) is 30.6 Å².